The number of rotatable bonds is 4. The summed E-state index contributed by atoms with van der Waals surface area (Å²) in [6, 6.07) is 8.73. The largest absolute Gasteiger partial charge is 0.366 e. The zero-order valence-corrected chi connectivity index (χ0v) is 13.8. The van der Waals surface area contributed by atoms with Crippen molar-refractivity contribution < 1.29 is 8.91 Å². The van der Waals surface area contributed by atoms with Gasteiger partial charge in [-0.15, -0.1) is 0 Å². The molecule has 1 aliphatic rings. The summed E-state index contributed by atoms with van der Waals surface area (Å²) < 4.78 is 18.8. The molecule has 7 heteroatoms. The van der Waals surface area contributed by atoms with Crippen LogP contribution in [0.3, 0.4) is 0 Å². The first-order chi connectivity index (χ1) is 11.8. The van der Waals surface area contributed by atoms with Gasteiger partial charge in [0.15, 0.2) is 5.96 Å². The number of nitrogens with one attached hydrogen (secondary N) is 1. The molecule has 3 rings (SSSR count). The van der Waals surface area contributed by atoms with E-state index < -0.39 is 0 Å². The summed E-state index contributed by atoms with van der Waals surface area (Å²) in [6.07, 6.45) is 1.55. The lowest BCUT2D eigenvalue weighted by molar-refractivity contribution is 0.370. The van der Waals surface area contributed by atoms with E-state index in [1.165, 1.54) is 6.07 Å². The average molecular weight is 331 g/mol. The number of hydrogen-bond acceptors (Lipinski definition) is 4. The van der Waals surface area contributed by atoms with Gasteiger partial charge in [0.1, 0.15) is 17.8 Å². The number of halogens is 1. The highest BCUT2D eigenvalue weighted by atomic mass is 19.1. The fourth-order valence-corrected chi connectivity index (χ4v) is 2.77. The number of hydrogen-bond donors (Lipinski definition) is 1. The standard InChI is InChI=1S/C17H22FN5O/c1-2-19-17(20-13-14-7-12-24-21-14)23-10-8-22(9-11-23)16-6-4-3-5-15(16)18/h3-7,12H,2,8-11,13H2,1H3,(H,19,20). The maximum absolute atomic E-state index is 13.9. The minimum Gasteiger partial charge on any atom is -0.366 e. The fourth-order valence-electron chi connectivity index (χ4n) is 2.77. The Balaban J connectivity index is 1.63. The van der Waals surface area contributed by atoms with Crippen LogP contribution in [0.4, 0.5) is 10.1 Å². The molecule has 1 saturated heterocycles. The highest BCUT2D eigenvalue weighted by Gasteiger charge is 2.21. The van der Waals surface area contributed by atoms with E-state index in [-0.39, 0.29) is 5.82 Å². The highest BCUT2D eigenvalue weighted by Crippen LogP contribution is 2.20. The molecule has 0 atom stereocenters. The minimum absolute atomic E-state index is 0.169. The lowest BCUT2D eigenvalue weighted by Gasteiger charge is -2.37. The van der Waals surface area contributed by atoms with Crippen molar-refractivity contribution in [3.63, 3.8) is 0 Å². The Bertz CT molecular complexity index is 665. The second-order valence-electron chi connectivity index (χ2n) is 5.59. The molecule has 0 unspecified atom stereocenters. The second-order valence-corrected chi connectivity index (χ2v) is 5.59. The van der Waals surface area contributed by atoms with Crippen molar-refractivity contribution in [1.82, 2.24) is 15.4 Å². The predicted octanol–water partition coefficient (Wildman–Crippen LogP) is 2.10. The third-order valence-corrected chi connectivity index (χ3v) is 3.99. The smallest absolute Gasteiger partial charge is 0.194 e. The molecule has 0 bridgehead atoms. The number of piperazine rings is 1. The van der Waals surface area contributed by atoms with Crippen LogP contribution in [0.15, 0.2) is 46.1 Å². The molecule has 6 nitrogen and oxygen atoms in total. The topological polar surface area (TPSA) is 56.9 Å². The summed E-state index contributed by atoms with van der Waals surface area (Å²) in [5, 5.41) is 7.18. The molecule has 1 N–H and O–H groups in total. The van der Waals surface area contributed by atoms with Crippen LogP contribution in [-0.4, -0.2) is 48.7 Å². The first-order valence-electron chi connectivity index (χ1n) is 8.20. The number of anilines is 1. The molecule has 24 heavy (non-hydrogen) atoms. The molecule has 0 aliphatic carbocycles. The van der Waals surface area contributed by atoms with Crippen LogP contribution in [0.2, 0.25) is 0 Å². The molecule has 1 aromatic carbocycles. The van der Waals surface area contributed by atoms with E-state index in [0.717, 1.165) is 44.4 Å². The SMILES string of the molecule is CCNC(=NCc1ccon1)N1CCN(c2ccccc2F)CC1. The van der Waals surface area contributed by atoms with E-state index >= 15 is 0 Å². The monoisotopic (exact) mass is 331 g/mol. The normalized spacial score (nSPS) is 15.7. The summed E-state index contributed by atoms with van der Waals surface area (Å²) in [5.41, 5.74) is 1.47. The van der Waals surface area contributed by atoms with Gasteiger partial charge in [0.05, 0.1) is 12.2 Å². The van der Waals surface area contributed by atoms with Gasteiger partial charge >= 0.3 is 0 Å². The van der Waals surface area contributed by atoms with Crippen molar-refractivity contribution in [1.29, 1.82) is 0 Å². The van der Waals surface area contributed by atoms with Crippen LogP contribution in [0.25, 0.3) is 0 Å². The Labute approximate surface area is 140 Å². The molecule has 1 fully saturated rings. The van der Waals surface area contributed by atoms with Crippen molar-refractivity contribution in [3.8, 4) is 0 Å². The summed E-state index contributed by atoms with van der Waals surface area (Å²) in [4.78, 5) is 8.88. The Morgan fingerprint density at radius 1 is 1.25 bits per heavy atom. The van der Waals surface area contributed by atoms with Gasteiger partial charge in [0, 0.05) is 38.8 Å². The second kappa shape index (κ2) is 7.81. The number of para-hydroxylation sites is 1. The summed E-state index contributed by atoms with van der Waals surface area (Å²) in [6.45, 7) is 6.42. The first kappa shape index (κ1) is 16.3. The zero-order valence-electron chi connectivity index (χ0n) is 13.8. The number of aliphatic imine (C=N–C) groups is 1. The minimum atomic E-state index is -0.169. The van der Waals surface area contributed by atoms with Gasteiger partial charge in [-0.25, -0.2) is 9.38 Å². The van der Waals surface area contributed by atoms with Gasteiger partial charge < -0.3 is 19.6 Å². The quantitative estimate of drug-likeness (QED) is 0.687. The molecule has 0 saturated carbocycles. The molecule has 128 valence electrons. The van der Waals surface area contributed by atoms with Crippen molar-refractivity contribution in [3.05, 3.63) is 48.1 Å². The van der Waals surface area contributed by atoms with Crippen LogP contribution in [-0.2, 0) is 6.54 Å². The van der Waals surface area contributed by atoms with Crippen molar-refractivity contribution >= 4 is 11.6 Å². The number of guanidine groups is 1. The Morgan fingerprint density at radius 2 is 2.04 bits per heavy atom. The molecule has 1 aliphatic heterocycles. The van der Waals surface area contributed by atoms with E-state index in [2.05, 4.69) is 25.3 Å². The van der Waals surface area contributed by atoms with E-state index in [0.29, 0.717) is 12.2 Å². The third kappa shape index (κ3) is 3.84. The molecule has 0 amide bonds. The van der Waals surface area contributed by atoms with Gasteiger partial charge in [-0.3, -0.25) is 0 Å². The van der Waals surface area contributed by atoms with Crippen molar-refractivity contribution in [2.24, 2.45) is 4.99 Å². The van der Waals surface area contributed by atoms with Crippen molar-refractivity contribution in [2.45, 2.75) is 13.5 Å². The van der Waals surface area contributed by atoms with Crippen LogP contribution < -0.4 is 10.2 Å². The predicted molar refractivity (Wildman–Crippen MR) is 91.5 cm³/mol. The summed E-state index contributed by atoms with van der Waals surface area (Å²) in [5.74, 6) is 0.686. The Kier molecular flexibility index (Phi) is 5.30. The third-order valence-electron chi connectivity index (χ3n) is 3.99. The fraction of sp³-hybridized carbons (Fsp3) is 0.412. The Morgan fingerprint density at radius 3 is 2.71 bits per heavy atom. The van der Waals surface area contributed by atoms with E-state index in [4.69, 9.17) is 4.52 Å². The molecule has 1 aromatic heterocycles. The van der Waals surface area contributed by atoms with E-state index in [1.807, 2.05) is 25.1 Å². The van der Waals surface area contributed by atoms with E-state index in [9.17, 15) is 4.39 Å². The molecular weight excluding hydrogens is 309 g/mol. The summed E-state index contributed by atoms with van der Waals surface area (Å²) >= 11 is 0. The number of benzene rings is 1. The van der Waals surface area contributed by atoms with E-state index in [1.54, 1.807) is 12.3 Å². The zero-order chi connectivity index (χ0) is 16.8. The molecule has 2 aromatic rings. The van der Waals surface area contributed by atoms with Gasteiger partial charge in [0.2, 0.25) is 0 Å². The Hall–Kier alpha value is -2.57. The van der Waals surface area contributed by atoms with Gasteiger partial charge in [-0.2, -0.15) is 0 Å². The lowest BCUT2D eigenvalue weighted by atomic mass is 10.2. The lowest BCUT2D eigenvalue weighted by Crippen LogP contribution is -2.52. The van der Waals surface area contributed by atoms with Gasteiger partial charge in [-0.05, 0) is 19.1 Å². The van der Waals surface area contributed by atoms with Crippen molar-refractivity contribution in [2.75, 3.05) is 37.6 Å². The van der Waals surface area contributed by atoms with Gasteiger partial charge in [0.25, 0.3) is 0 Å². The van der Waals surface area contributed by atoms with Crippen LogP contribution in [0.1, 0.15) is 12.6 Å². The number of aromatic nitrogens is 1. The maximum Gasteiger partial charge on any atom is 0.194 e. The molecule has 0 radical (unpaired) electrons. The van der Waals surface area contributed by atoms with Crippen LogP contribution >= 0.6 is 0 Å². The maximum atomic E-state index is 13.9. The van der Waals surface area contributed by atoms with Crippen LogP contribution in [0, 0.1) is 5.82 Å². The summed E-state index contributed by atoms with van der Waals surface area (Å²) in [7, 11) is 0. The average Bonchev–Trinajstić information content (AvgIpc) is 3.13. The highest BCUT2D eigenvalue weighted by molar-refractivity contribution is 5.80. The van der Waals surface area contributed by atoms with Gasteiger partial charge in [-0.1, -0.05) is 17.3 Å². The first-order valence-corrected chi connectivity index (χ1v) is 8.20. The molecular formula is C17H22FN5O. The number of nitrogens with zero attached hydrogens (tertiary/aromatic N) is 4. The van der Waals surface area contributed by atoms with Crippen LogP contribution in [0.5, 0.6) is 0 Å². The molecule has 0 spiro atoms. The molecule has 2 heterocycles.